The smallest absolute Gasteiger partial charge is 0.102 e. The first-order valence-electron chi connectivity index (χ1n) is 4.32. The molecule has 4 heteroatoms. The lowest BCUT2D eigenvalue weighted by Gasteiger charge is -2.19. The number of hydrogen-bond donors (Lipinski definition) is 1. The van der Waals surface area contributed by atoms with Crippen LogP contribution < -0.4 is 5.73 Å². The lowest BCUT2D eigenvalue weighted by Crippen LogP contribution is -2.31. The average Bonchev–Trinajstić information content (AvgIpc) is 2.10. The Labute approximate surface area is 73.7 Å². The van der Waals surface area contributed by atoms with E-state index in [9.17, 15) is 4.39 Å². The number of alkyl halides is 1. The Morgan fingerprint density at radius 2 is 2.08 bits per heavy atom. The summed E-state index contributed by atoms with van der Waals surface area (Å²) in [4.78, 5) is 2.02. The third-order valence-electron chi connectivity index (χ3n) is 1.69. The van der Waals surface area contributed by atoms with Gasteiger partial charge in [-0.1, -0.05) is 0 Å². The van der Waals surface area contributed by atoms with Crippen molar-refractivity contribution < 1.29 is 9.13 Å². The molecule has 74 valence electrons. The van der Waals surface area contributed by atoms with E-state index in [0.717, 1.165) is 19.5 Å². The minimum Gasteiger partial charge on any atom is -0.383 e. The van der Waals surface area contributed by atoms with Crippen molar-refractivity contribution in [2.75, 3.05) is 46.6 Å². The van der Waals surface area contributed by atoms with Crippen LogP contribution in [-0.2, 0) is 4.74 Å². The average molecular weight is 178 g/mol. The zero-order valence-electron chi connectivity index (χ0n) is 7.76. The third kappa shape index (κ3) is 6.52. The lowest BCUT2D eigenvalue weighted by molar-refractivity contribution is 0.142. The second-order valence-corrected chi connectivity index (χ2v) is 2.67. The van der Waals surface area contributed by atoms with Crippen molar-refractivity contribution in [1.29, 1.82) is 0 Å². The highest BCUT2D eigenvalue weighted by atomic mass is 19.1. The molecule has 0 spiro atoms. The molecule has 0 aromatic rings. The van der Waals surface area contributed by atoms with Crippen molar-refractivity contribution >= 4 is 0 Å². The molecule has 0 aromatic carbocycles. The minimum atomic E-state index is -0.297. The highest BCUT2D eigenvalue weighted by Gasteiger charge is 2.02. The van der Waals surface area contributed by atoms with Gasteiger partial charge in [0.2, 0.25) is 0 Å². The van der Waals surface area contributed by atoms with Gasteiger partial charge in [0.1, 0.15) is 6.67 Å². The second-order valence-electron chi connectivity index (χ2n) is 2.67. The van der Waals surface area contributed by atoms with E-state index in [1.165, 1.54) is 0 Å². The first kappa shape index (κ1) is 11.8. The first-order valence-corrected chi connectivity index (χ1v) is 4.32. The summed E-state index contributed by atoms with van der Waals surface area (Å²) in [5.41, 5.74) is 5.35. The Balaban J connectivity index is 3.40. The molecule has 3 nitrogen and oxygen atoms in total. The summed E-state index contributed by atoms with van der Waals surface area (Å²) < 4.78 is 16.9. The summed E-state index contributed by atoms with van der Waals surface area (Å²) in [6.07, 6.45) is 0.920. The van der Waals surface area contributed by atoms with Gasteiger partial charge < -0.3 is 10.5 Å². The number of nitrogens with two attached hydrogens (primary N) is 1. The predicted octanol–water partition coefficient (Wildman–Crippen LogP) is 0.253. The normalized spacial score (nSPS) is 11.0. The summed E-state index contributed by atoms with van der Waals surface area (Å²) >= 11 is 0. The molecule has 12 heavy (non-hydrogen) atoms. The molecule has 0 fully saturated rings. The molecular weight excluding hydrogens is 159 g/mol. The molecule has 0 aliphatic rings. The van der Waals surface area contributed by atoms with Crippen LogP contribution >= 0.6 is 0 Å². The van der Waals surface area contributed by atoms with Gasteiger partial charge in [0.05, 0.1) is 6.61 Å². The van der Waals surface area contributed by atoms with E-state index in [-0.39, 0.29) is 6.67 Å². The van der Waals surface area contributed by atoms with Crippen LogP contribution in [0.5, 0.6) is 0 Å². The highest BCUT2D eigenvalue weighted by Crippen LogP contribution is 1.91. The lowest BCUT2D eigenvalue weighted by atomic mass is 10.3. The fourth-order valence-corrected chi connectivity index (χ4v) is 0.990. The molecule has 0 radical (unpaired) electrons. The number of nitrogens with zero attached hydrogens (tertiary/aromatic N) is 1. The van der Waals surface area contributed by atoms with Crippen LogP contribution in [0.25, 0.3) is 0 Å². The van der Waals surface area contributed by atoms with Crippen molar-refractivity contribution in [1.82, 2.24) is 4.90 Å². The van der Waals surface area contributed by atoms with Gasteiger partial charge in [-0.25, -0.2) is 4.39 Å². The summed E-state index contributed by atoms with van der Waals surface area (Å²) in [5, 5.41) is 0. The van der Waals surface area contributed by atoms with Crippen molar-refractivity contribution in [3.8, 4) is 0 Å². The van der Waals surface area contributed by atoms with Crippen LogP contribution in [-0.4, -0.2) is 51.5 Å². The monoisotopic (exact) mass is 178 g/mol. The molecule has 0 saturated carbocycles. The maximum Gasteiger partial charge on any atom is 0.102 e. The molecule has 0 rings (SSSR count). The van der Waals surface area contributed by atoms with E-state index in [4.69, 9.17) is 10.5 Å². The van der Waals surface area contributed by atoms with Gasteiger partial charge in [0.15, 0.2) is 0 Å². The fraction of sp³-hybridized carbons (Fsp3) is 1.00. The minimum absolute atomic E-state index is 0.297. The molecule has 2 N–H and O–H groups in total. The Morgan fingerprint density at radius 1 is 1.33 bits per heavy atom. The fourth-order valence-electron chi connectivity index (χ4n) is 0.990. The van der Waals surface area contributed by atoms with Crippen molar-refractivity contribution in [3.63, 3.8) is 0 Å². The summed E-state index contributed by atoms with van der Waals surface area (Å²) in [6.45, 7) is 3.17. The van der Waals surface area contributed by atoms with Gasteiger partial charge >= 0.3 is 0 Å². The van der Waals surface area contributed by atoms with Crippen LogP contribution in [0.15, 0.2) is 0 Å². The zero-order chi connectivity index (χ0) is 9.23. The Morgan fingerprint density at radius 3 is 2.58 bits per heavy atom. The van der Waals surface area contributed by atoms with Crippen LogP contribution in [0, 0.1) is 0 Å². The van der Waals surface area contributed by atoms with Crippen LogP contribution in [0.2, 0.25) is 0 Å². The first-order chi connectivity index (χ1) is 5.85. The van der Waals surface area contributed by atoms with E-state index in [1.807, 2.05) is 4.90 Å². The zero-order valence-corrected chi connectivity index (χ0v) is 7.76. The van der Waals surface area contributed by atoms with E-state index in [0.29, 0.717) is 19.7 Å². The molecule has 0 aliphatic heterocycles. The van der Waals surface area contributed by atoms with Gasteiger partial charge in [0.25, 0.3) is 0 Å². The number of hydrogen-bond acceptors (Lipinski definition) is 3. The molecule has 0 aromatic heterocycles. The van der Waals surface area contributed by atoms with Crippen molar-refractivity contribution in [2.45, 2.75) is 6.42 Å². The maximum atomic E-state index is 12.0. The third-order valence-corrected chi connectivity index (χ3v) is 1.69. The van der Waals surface area contributed by atoms with Crippen LogP contribution in [0.1, 0.15) is 6.42 Å². The quantitative estimate of drug-likeness (QED) is 0.579. The van der Waals surface area contributed by atoms with E-state index < -0.39 is 0 Å². The van der Waals surface area contributed by atoms with Gasteiger partial charge in [0, 0.05) is 20.2 Å². The summed E-state index contributed by atoms with van der Waals surface area (Å²) in [5.74, 6) is 0. The molecule has 0 amide bonds. The molecule has 0 aliphatic carbocycles. The van der Waals surface area contributed by atoms with Gasteiger partial charge in [-0.15, -0.1) is 0 Å². The number of methoxy groups -OCH3 is 1. The van der Waals surface area contributed by atoms with E-state index in [1.54, 1.807) is 7.11 Å². The topological polar surface area (TPSA) is 38.5 Å². The molecule has 0 bridgehead atoms. The Kier molecular flexibility index (Phi) is 8.76. The highest BCUT2D eigenvalue weighted by molar-refractivity contribution is 4.56. The Bertz CT molecular complexity index is 85.1. The van der Waals surface area contributed by atoms with Crippen molar-refractivity contribution in [3.05, 3.63) is 0 Å². The SMILES string of the molecule is COCCN(CCF)CCCN. The van der Waals surface area contributed by atoms with Crippen LogP contribution in [0.3, 0.4) is 0 Å². The number of ether oxygens (including phenoxy) is 1. The number of rotatable bonds is 8. The van der Waals surface area contributed by atoms with E-state index in [2.05, 4.69) is 0 Å². The summed E-state index contributed by atoms with van der Waals surface area (Å²) in [7, 11) is 1.65. The molecular formula is C8H19FN2O. The maximum absolute atomic E-state index is 12.0. The van der Waals surface area contributed by atoms with Gasteiger partial charge in [-0.2, -0.15) is 0 Å². The van der Waals surface area contributed by atoms with Crippen LogP contribution in [0.4, 0.5) is 4.39 Å². The molecule has 0 saturated heterocycles. The number of halogens is 1. The summed E-state index contributed by atoms with van der Waals surface area (Å²) in [6, 6.07) is 0. The Hall–Kier alpha value is -0.190. The molecule has 0 heterocycles. The van der Waals surface area contributed by atoms with Gasteiger partial charge in [-0.05, 0) is 19.5 Å². The standard InChI is InChI=1S/C8H19FN2O/c1-12-8-7-11(6-3-9)5-2-4-10/h2-8,10H2,1H3. The van der Waals surface area contributed by atoms with E-state index >= 15 is 0 Å². The largest absolute Gasteiger partial charge is 0.383 e. The molecule has 0 atom stereocenters. The molecule has 0 unspecified atom stereocenters. The predicted molar refractivity (Wildman–Crippen MR) is 48.0 cm³/mol. The van der Waals surface area contributed by atoms with Crippen molar-refractivity contribution in [2.24, 2.45) is 5.73 Å². The second kappa shape index (κ2) is 8.90. The van der Waals surface area contributed by atoms with Gasteiger partial charge in [-0.3, -0.25) is 4.90 Å².